The van der Waals surface area contributed by atoms with E-state index in [0.29, 0.717) is 11.6 Å². The predicted molar refractivity (Wildman–Crippen MR) is 67.0 cm³/mol. The van der Waals surface area contributed by atoms with Gasteiger partial charge in [0.05, 0.1) is 17.8 Å². The molecule has 0 bridgehead atoms. The molecule has 0 saturated carbocycles. The van der Waals surface area contributed by atoms with Gasteiger partial charge in [-0.05, 0) is 18.6 Å². The van der Waals surface area contributed by atoms with Crippen LogP contribution in [0, 0.1) is 11.3 Å². The Balaban J connectivity index is 1.74. The van der Waals surface area contributed by atoms with Crippen LogP contribution < -0.4 is 4.90 Å². The molecule has 1 atom stereocenters. The molecule has 0 aromatic carbocycles. The molecule has 18 heavy (non-hydrogen) atoms. The smallest absolute Gasteiger partial charge is 0.102 e. The molecule has 5 heteroatoms. The van der Waals surface area contributed by atoms with Gasteiger partial charge in [0, 0.05) is 37.4 Å². The van der Waals surface area contributed by atoms with Gasteiger partial charge in [0.25, 0.3) is 0 Å². The monoisotopic (exact) mass is 239 g/mol. The predicted octanol–water partition coefficient (Wildman–Crippen LogP) is 1.60. The number of hydrogen-bond acceptors (Lipinski definition) is 4. The summed E-state index contributed by atoms with van der Waals surface area (Å²) in [6.45, 7) is 1.94. The molecule has 0 spiro atoms. The van der Waals surface area contributed by atoms with Crippen molar-refractivity contribution in [2.75, 3.05) is 18.0 Å². The molecule has 1 aliphatic rings. The SMILES string of the molecule is N#Cc1cnn(C2CCN(c3ccncc3)C2)c1. The number of nitriles is 1. The van der Waals surface area contributed by atoms with E-state index in [9.17, 15) is 0 Å². The highest BCUT2D eigenvalue weighted by molar-refractivity contribution is 5.45. The number of anilines is 1. The lowest BCUT2D eigenvalue weighted by atomic mass is 10.3. The zero-order chi connectivity index (χ0) is 12.4. The molecule has 3 rings (SSSR count). The van der Waals surface area contributed by atoms with Crippen molar-refractivity contribution in [1.29, 1.82) is 5.26 Å². The quantitative estimate of drug-likeness (QED) is 0.798. The van der Waals surface area contributed by atoms with E-state index >= 15 is 0 Å². The number of rotatable bonds is 2. The minimum Gasteiger partial charge on any atom is -0.369 e. The van der Waals surface area contributed by atoms with Crippen LogP contribution in [0.1, 0.15) is 18.0 Å². The van der Waals surface area contributed by atoms with Crippen LogP contribution in [0.2, 0.25) is 0 Å². The molecular weight excluding hydrogens is 226 g/mol. The van der Waals surface area contributed by atoms with Crippen molar-refractivity contribution in [3.05, 3.63) is 42.5 Å². The third-order valence-corrected chi connectivity index (χ3v) is 3.30. The van der Waals surface area contributed by atoms with E-state index in [0.717, 1.165) is 19.5 Å². The van der Waals surface area contributed by atoms with Gasteiger partial charge in [0.2, 0.25) is 0 Å². The molecule has 1 fully saturated rings. The fourth-order valence-electron chi connectivity index (χ4n) is 2.34. The van der Waals surface area contributed by atoms with E-state index in [-0.39, 0.29) is 0 Å². The largest absolute Gasteiger partial charge is 0.369 e. The Bertz CT molecular complexity index is 569. The minimum atomic E-state index is 0.347. The van der Waals surface area contributed by atoms with Crippen LogP contribution in [0.25, 0.3) is 0 Å². The molecule has 5 nitrogen and oxygen atoms in total. The second kappa shape index (κ2) is 4.49. The van der Waals surface area contributed by atoms with E-state index in [1.165, 1.54) is 5.69 Å². The summed E-state index contributed by atoms with van der Waals surface area (Å²) in [6, 6.07) is 6.50. The third kappa shape index (κ3) is 1.93. The maximum Gasteiger partial charge on any atom is 0.102 e. The molecule has 0 N–H and O–H groups in total. The molecule has 0 aliphatic carbocycles. The number of pyridine rings is 1. The van der Waals surface area contributed by atoms with Gasteiger partial charge in [-0.2, -0.15) is 10.4 Å². The van der Waals surface area contributed by atoms with E-state index < -0.39 is 0 Å². The van der Waals surface area contributed by atoms with Gasteiger partial charge in [-0.25, -0.2) is 0 Å². The van der Waals surface area contributed by atoms with Crippen LogP contribution in [0.3, 0.4) is 0 Å². The van der Waals surface area contributed by atoms with Crippen LogP contribution in [0.4, 0.5) is 5.69 Å². The van der Waals surface area contributed by atoms with Crippen molar-refractivity contribution in [3.8, 4) is 6.07 Å². The van der Waals surface area contributed by atoms with Crippen molar-refractivity contribution in [1.82, 2.24) is 14.8 Å². The highest BCUT2D eigenvalue weighted by Gasteiger charge is 2.24. The first kappa shape index (κ1) is 10.8. The Hall–Kier alpha value is -2.35. The molecule has 2 aromatic rings. The lowest BCUT2D eigenvalue weighted by molar-refractivity contribution is 0.494. The number of aromatic nitrogens is 3. The molecule has 0 amide bonds. The molecule has 3 heterocycles. The van der Waals surface area contributed by atoms with Gasteiger partial charge >= 0.3 is 0 Å². The number of nitrogens with zero attached hydrogens (tertiary/aromatic N) is 5. The average Bonchev–Trinajstić information content (AvgIpc) is 3.08. The van der Waals surface area contributed by atoms with Crippen LogP contribution in [-0.2, 0) is 0 Å². The Kier molecular flexibility index (Phi) is 2.69. The molecule has 1 unspecified atom stereocenters. The standard InChI is InChI=1S/C13H13N5/c14-7-11-8-16-18(9-11)13-3-6-17(10-13)12-1-4-15-5-2-12/h1-2,4-5,8-9,13H,3,6,10H2. The van der Waals surface area contributed by atoms with E-state index in [1.807, 2.05) is 35.4 Å². The average molecular weight is 239 g/mol. The second-order valence-electron chi connectivity index (χ2n) is 4.41. The maximum absolute atomic E-state index is 8.80. The Morgan fingerprint density at radius 2 is 2.17 bits per heavy atom. The van der Waals surface area contributed by atoms with Crippen LogP contribution in [0.5, 0.6) is 0 Å². The highest BCUT2D eigenvalue weighted by atomic mass is 15.3. The maximum atomic E-state index is 8.80. The lowest BCUT2D eigenvalue weighted by Gasteiger charge is -2.18. The van der Waals surface area contributed by atoms with Crippen molar-refractivity contribution in [3.63, 3.8) is 0 Å². The van der Waals surface area contributed by atoms with Crippen molar-refractivity contribution in [2.24, 2.45) is 0 Å². The van der Waals surface area contributed by atoms with E-state index in [1.54, 1.807) is 6.20 Å². The summed E-state index contributed by atoms with van der Waals surface area (Å²) in [4.78, 5) is 6.35. The normalized spacial score (nSPS) is 18.8. The first-order valence-corrected chi connectivity index (χ1v) is 5.96. The summed E-state index contributed by atoms with van der Waals surface area (Å²) in [5.41, 5.74) is 1.82. The zero-order valence-electron chi connectivity index (χ0n) is 9.90. The molecule has 0 radical (unpaired) electrons. The highest BCUT2D eigenvalue weighted by Crippen LogP contribution is 2.25. The van der Waals surface area contributed by atoms with Gasteiger partial charge in [-0.3, -0.25) is 9.67 Å². The fraction of sp³-hybridized carbons (Fsp3) is 0.308. The molecular formula is C13H13N5. The summed E-state index contributed by atoms with van der Waals surface area (Å²) >= 11 is 0. The topological polar surface area (TPSA) is 57.7 Å². The summed E-state index contributed by atoms with van der Waals surface area (Å²) in [5, 5.41) is 13.1. The molecule has 2 aromatic heterocycles. The Labute approximate surface area is 105 Å². The van der Waals surface area contributed by atoms with Gasteiger partial charge in [0.1, 0.15) is 6.07 Å². The third-order valence-electron chi connectivity index (χ3n) is 3.30. The molecule has 1 saturated heterocycles. The molecule has 1 aliphatic heterocycles. The zero-order valence-corrected chi connectivity index (χ0v) is 9.90. The van der Waals surface area contributed by atoms with Crippen molar-refractivity contribution in [2.45, 2.75) is 12.5 Å². The fourth-order valence-corrected chi connectivity index (χ4v) is 2.34. The first-order valence-electron chi connectivity index (χ1n) is 5.96. The summed E-state index contributed by atoms with van der Waals surface area (Å²) < 4.78 is 1.90. The van der Waals surface area contributed by atoms with Gasteiger partial charge in [0.15, 0.2) is 0 Å². The van der Waals surface area contributed by atoms with Crippen LogP contribution in [0.15, 0.2) is 36.9 Å². The van der Waals surface area contributed by atoms with E-state index in [2.05, 4.69) is 21.1 Å². The van der Waals surface area contributed by atoms with Gasteiger partial charge < -0.3 is 4.90 Å². The van der Waals surface area contributed by atoms with E-state index in [4.69, 9.17) is 5.26 Å². The first-order chi connectivity index (χ1) is 8.86. The lowest BCUT2D eigenvalue weighted by Crippen LogP contribution is -2.20. The van der Waals surface area contributed by atoms with Crippen LogP contribution >= 0.6 is 0 Å². The van der Waals surface area contributed by atoms with Gasteiger partial charge in [-0.15, -0.1) is 0 Å². The van der Waals surface area contributed by atoms with Crippen molar-refractivity contribution < 1.29 is 0 Å². The van der Waals surface area contributed by atoms with Crippen molar-refractivity contribution >= 4 is 5.69 Å². The Morgan fingerprint density at radius 1 is 1.33 bits per heavy atom. The van der Waals surface area contributed by atoms with Crippen LogP contribution in [-0.4, -0.2) is 27.9 Å². The minimum absolute atomic E-state index is 0.347. The summed E-state index contributed by atoms with van der Waals surface area (Å²) in [5.74, 6) is 0. The Morgan fingerprint density at radius 3 is 2.89 bits per heavy atom. The molecule has 90 valence electrons. The second-order valence-corrected chi connectivity index (χ2v) is 4.41. The van der Waals surface area contributed by atoms with Gasteiger partial charge in [-0.1, -0.05) is 0 Å². The number of hydrogen-bond donors (Lipinski definition) is 0. The summed E-state index contributed by atoms with van der Waals surface area (Å²) in [6.07, 6.45) is 8.11. The summed E-state index contributed by atoms with van der Waals surface area (Å²) in [7, 11) is 0.